The summed E-state index contributed by atoms with van der Waals surface area (Å²) in [5, 5.41) is 3.16. The first kappa shape index (κ1) is 21.0. The van der Waals surface area contributed by atoms with Crippen molar-refractivity contribution in [3.05, 3.63) is 35.4 Å². The Morgan fingerprint density at radius 3 is 2.21 bits per heavy atom. The molecule has 0 saturated carbocycles. The third-order valence-corrected chi connectivity index (χ3v) is 4.63. The van der Waals surface area contributed by atoms with Crippen molar-refractivity contribution in [2.75, 3.05) is 19.6 Å². The van der Waals surface area contributed by atoms with Crippen LogP contribution in [0.3, 0.4) is 0 Å². The van der Waals surface area contributed by atoms with Gasteiger partial charge in [-0.3, -0.25) is 9.69 Å². The van der Waals surface area contributed by atoms with Crippen LogP contribution in [0.4, 0.5) is 0 Å². The summed E-state index contributed by atoms with van der Waals surface area (Å²) in [6.07, 6.45) is 5.80. The summed E-state index contributed by atoms with van der Waals surface area (Å²) in [7, 11) is 0. The maximum atomic E-state index is 12.1. The lowest BCUT2D eigenvalue weighted by molar-refractivity contribution is -0.122. The maximum absolute atomic E-state index is 12.1. The van der Waals surface area contributed by atoms with E-state index in [-0.39, 0.29) is 18.3 Å². The van der Waals surface area contributed by atoms with Crippen molar-refractivity contribution < 1.29 is 4.79 Å². The van der Waals surface area contributed by atoms with Crippen LogP contribution in [0.15, 0.2) is 24.3 Å². The van der Waals surface area contributed by atoms with E-state index < -0.39 is 0 Å². The van der Waals surface area contributed by atoms with Gasteiger partial charge in [0.25, 0.3) is 0 Å². The SMILES string of the molecule is Cc1ccc(C(CNC(=O)CC(C)C)N2CCCCCC2)cc1.Cl. The normalized spacial score (nSPS) is 17.0. The van der Waals surface area contributed by atoms with Crippen molar-refractivity contribution in [2.45, 2.75) is 58.9 Å². The molecule has 136 valence electrons. The number of hydrogen-bond acceptors (Lipinski definition) is 2. The number of hydrogen-bond donors (Lipinski definition) is 1. The molecule has 1 N–H and O–H groups in total. The second kappa shape index (κ2) is 10.7. The van der Waals surface area contributed by atoms with Crippen molar-refractivity contribution in [1.29, 1.82) is 0 Å². The number of carbonyl (C=O) groups is 1. The van der Waals surface area contributed by atoms with Crippen LogP contribution in [0, 0.1) is 12.8 Å². The lowest BCUT2D eigenvalue weighted by Crippen LogP contribution is -2.39. The van der Waals surface area contributed by atoms with Crippen LogP contribution in [-0.2, 0) is 4.79 Å². The van der Waals surface area contributed by atoms with Gasteiger partial charge in [-0.25, -0.2) is 0 Å². The predicted molar refractivity (Wildman–Crippen MR) is 104 cm³/mol. The minimum absolute atomic E-state index is 0. The lowest BCUT2D eigenvalue weighted by atomic mass is 10.0. The minimum atomic E-state index is 0. The molecule has 1 aromatic carbocycles. The fourth-order valence-corrected chi connectivity index (χ4v) is 3.31. The van der Waals surface area contributed by atoms with Crippen LogP contribution < -0.4 is 5.32 Å². The van der Waals surface area contributed by atoms with Gasteiger partial charge in [0.15, 0.2) is 0 Å². The van der Waals surface area contributed by atoms with E-state index in [2.05, 4.69) is 55.3 Å². The van der Waals surface area contributed by atoms with Gasteiger partial charge in [-0.2, -0.15) is 0 Å². The Kier molecular flexibility index (Phi) is 9.38. The average Bonchev–Trinajstić information content (AvgIpc) is 2.78. The highest BCUT2D eigenvalue weighted by Gasteiger charge is 2.22. The summed E-state index contributed by atoms with van der Waals surface area (Å²) in [5.74, 6) is 0.581. The van der Waals surface area contributed by atoms with Gasteiger partial charge >= 0.3 is 0 Å². The number of rotatable bonds is 6. The first-order valence-electron chi connectivity index (χ1n) is 9.13. The van der Waals surface area contributed by atoms with E-state index >= 15 is 0 Å². The number of nitrogens with zero attached hydrogens (tertiary/aromatic N) is 1. The summed E-state index contributed by atoms with van der Waals surface area (Å²) in [6, 6.07) is 9.09. The van der Waals surface area contributed by atoms with Gasteiger partial charge in [0.2, 0.25) is 5.91 Å². The first-order chi connectivity index (χ1) is 11.1. The van der Waals surface area contributed by atoms with Crippen LogP contribution in [0.1, 0.15) is 63.1 Å². The number of amides is 1. The number of halogens is 1. The zero-order chi connectivity index (χ0) is 16.7. The first-order valence-corrected chi connectivity index (χ1v) is 9.13. The molecular formula is C20H33ClN2O. The summed E-state index contributed by atoms with van der Waals surface area (Å²) in [5.41, 5.74) is 2.61. The van der Waals surface area contributed by atoms with Crippen LogP contribution in [-0.4, -0.2) is 30.4 Å². The molecule has 1 amide bonds. The largest absolute Gasteiger partial charge is 0.354 e. The van der Waals surface area contributed by atoms with Crippen molar-refractivity contribution in [3.63, 3.8) is 0 Å². The third-order valence-electron chi connectivity index (χ3n) is 4.63. The van der Waals surface area contributed by atoms with E-state index in [1.807, 2.05) is 0 Å². The molecule has 24 heavy (non-hydrogen) atoms. The number of benzene rings is 1. The molecule has 1 heterocycles. The summed E-state index contributed by atoms with van der Waals surface area (Å²) < 4.78 is 0. The number of likely N-dealkylation sites (tertiary alicyclic amines) is 1. The van der Waals surface area contributed by atoms with Gasteiger partial charge in [0.1, 0.15) is 0 Å². The standard InChI is InChI=1S/C20H32N2O.ClH/c1-16(2)14-20(23)21-15-19(18-10-8-17(3)9-11-18)22-12-6-4-5-7-13-22;/h8-11,16,19H,4-7,12-15H2,1-3H3,(H,21,23);1H. The Balaban J connectivity index is 0.00000288. The zero-order valence-electron chi connectivity index (χ0n) is 15.4. The minimum Gasteiger partial charge on any atom is -0.354 e. The molecule has 0 bridgehead atoms. The van der Waals surface area contributed by atoms with Crippen molar-refractivity contribution >= 4 is 18.3 Å². The highest BCUT2D eigenvalue weighted by atomic mass is 35.5. The van der Waals surface area contributed by atoms with E-state index in [9.17, 15) is 4.79 Å². The molecule has 1 fully saturated rings. The molecular weight excluding hydrogens is 320 g/mol. The van der Waals surface area contributed by atoms with Crippen LogP contribution in [0.25, 0.3) is 0 Å². The van der Waals surface area contributed by atoms with Crippen LogP contribution >= 0.6 is 12.4 Å². The van der Waals surface area contributed by atoms with Gasteiger partial charge in [-0.1, -0.05) is 56.5 Å². The van der Waals surface area contributed by atoms with E-state index in [0.717, 1.165) is 13.1 Å². The molecule has 1 aromatic rings. The molecule has 0 aromatic heterocycles. The van der Waals surface area contributed by atoms with Gasteiger partial charge in [0, 0.05) is 13.0 Å². The average molecular weight is 353 g/mol. The van der Waals surface area contributed by atoms with Crippen LogP contribution in [0.2, 0.25) is 0 Å². The van der Waals surface area contributed by atoms with Crippen LogP contribution in [0.5, 0.6) is 0 Å². The summed E-state index contributed by atoms with van der Waals surface area (Å²) in [6.45, 7) is 9.29. The Labute approximate surface area is 153 Å². The van der Waals surface area contributed by atoms with Gasteiger partial charge in [0.05, 0.1) is 6.04 Å². The Morgan fingerprint density at radius 2 is 1.67 bits per heavy atom. The second-order valence-corrected chi connectivity index (χ2v) is 7.28. The number of aryl methyl sites for hydroxylation is 1. The molecule has 1 atom stereocenters. The highest BCUT2D eigenvalue weighted by Crippen LogP contribution is 2.24. The van der Waals surface area contributed by atoms with Crippen molar-refractivity contribution in [2.24, 2.45) is 5.92 Å². The fraction of sp³-hybridized carbons (Fsp3) is 0.650. The molecule has 3 nitrogen and oxygen atoms in total. The Morgan fingerprint density at radius 1 is 1.08 bits per heavy atom. The zero-order valence-corrected chi connectivity index (χ0v) is 16.2. The molecule has 1 aliphatic heterocycles. The Bertz CT molecular complexity index is 479. The van der Waals surface area contributed by atoms with Gasteiger partial charge in [-0.15, -0.1) is 12.4 Å². The fourth-order valence-electron chi connectivity index (χ4n) is 3.31. The maximum Gasteiger partial charge on any atom is 0.220 e. The molecule has 0 spiro atoms. The summed E-state index contributed by atoms with van der Waals surface area (Å²) in [4.78, 5) is 14.6. The number of nitrogens with one attached hydrogen (secondary N) is 1. The topological polar surface area (TPSA) is 32.3 Å². The van der Waals surface area contributed by atoms with E-state index in [0.29, 0.717) is 24.9 Å². The molecule has 1 saturated heterocycles. The lowest BCUT2D eigenvalue weighted by Gasteiger charge is -2.31. The van der Waals surface area contributed by atoms with Gasteiger partial charge < -0.3 is 5.32 Å². The van der Waals surface area contributed by atoms with E-state index in [1.165, 1.54) is 36.8 Å². The van der Waals surface area contributed by atoms with Crippen molar-refractivity contribution in [1.82, 2.24) is 10.2 Å². The second-order valence-electron chi connectivity index (χ2n) is 7.28. The highest BCUT2D eigenvalue weighted by molar-refractivity contribution is 5.85. The quantitative estimate of drug-likeness (QED) is 0.817. The molecule has 2 rings (SSSR count). The smallest absolute Gasteiger partial charge is 0.220 e. The predicted octanol–water partition coefficient (Wildman–Crippen LogP) is 4.50. The number of carbonyl (C=O) groups excluding carboxylic acids is 1. The molecule has 0 radical (unpaired) electrons. The molecule has 4 heteroatoms. The molecule has 1 aliphatic rings. The summed E-state index contributed by atoms with van der Waals surface area (Å²) >= 11 is 0. The molecule has 0 aliphatic carbocycles. The molecule has 1 unspecified atom stereocenters. The Hall–Kier alpha value is -1.06. The monoisotopic (exact) mass is 352 g/mol. The van der Waals surface area contributed by atoms with Crippen molar-refractivity contribution in [3.8, 4) is 0 Å². The third kappa shape index (κ3) is 6.82. The van der Waals surface area contributed by atoms with Gasteiger partial charge in [-0.05, 0) is 44.3 Å². The van der Waals surface area contributed by atoms with E-state index in [4.69, 9.17) is 0 Å². The van der Waals surface area contributed by atoms with E-state index in [1.54, 1.807) is 0 Å².